The molecule has 0 aliphatic rings. The highest BCUT2D eigenvalue weighted by Gasteiger charge is 2.17. The Morgan fingerprint density at radius 3 is 2.46 bits per heavy atom. The Morgan fingerprint density at radius 1 is 0.929 bits per heavy atom. The molecular weight excluding hydrogens is 390 g/mol. The van der Waals surface area contributed by atoms with Crippen molar-refractivity contribution < 1.29 is 4.74 Å². The van der Waals surface area contributed by atoms with E-state index in [9.17, 15) is 0 Å². The summed E-state index contributed by atoms with van der Waals surface area (Å²) in [7, 11) is 1.66. The molecule has 0 saturated carbocycles. The SMILES string of the molecule is COc1cccc(-c2nnc(SCc3ccccc3)n2-c2ccc(Cl)cc2)c1. The van der Waals surface area contributed by atoms with Gasteiger partial charge in [0.1, 0.15) is 5.75 Å². The fraction of sp³-hybridized carbons (Fsp3) is 0.0909. The number of aromatic nitrogens is 3. The lowest BCUT2D eigenvalue weighted by Crippen LogP contribution is -2.00. The summed E-state index contributed by atoms with van der Waals surface area (Å²) < 4.78 is 7.42. The van der Waals surface area contributed by atoms with Gasteiger partial charge in [-0.1, -0.05) is 65.8 Å². The zero-order chi connectivity index (χ0) is 19.3. The average molecular weight is 408 g/mol. The quantitative estimate of drug-likeness (QED) is 0.374. The Labute approximate surface area is 173 Å². The van der Waals surface area contributed by atoms with Gasteiger partial charge in [-0.05, 0) is 42.0 Å². The van der Waals surface area contributed by atoms with E-state index in [-0.39, 0.29) is 0 Å². The number of benzene rings is 3. The maximum Gasteiger partial charge on any atom is 0.196 e. The van der Waals surface area contributed by atoms with Gasteiger partial charge < -0.3 is 4.74 Å². The number of thioether (sulfide) groups is 1. The van der Waals surface area contributed by atoms with Gasteiger partial charge in [0.15, 0.2) is 11.0 Å². The number of nitrogens with zero attached hydrogens (tertiary/aromatic N) is 3. The molecule has 0 unspecified atom stereocenters. The van der Waals surface area contributed by atoms with Crippen molar-refractivity contribution >= 4 is 23.4 Å². The summed E-state index contributed by atoms with van der Waals surface area (Å²) in [6, 6.07) is 25.8. The van der Waals surface area contributed by atoms with E-state index in [2.05, 4.69) is 26.9 Å². The minimum absolute atomic E-state index is 0.693. The van der Waals surface area contributed by atoms with Crippen LogP contribution in [-0.4, -0.2) is 21.9 Å². The third-order valence-electron chi connectivity index (χ3n) is 4.26. The Bertz CT molecular complexity index is 1060. The van der Waals surface area contributed by atoms with E-state index in [1.54, 1.807) is 18.9 Å². The molecule has 140 valence electrons. The van der Waals surface area contributed by atoms with Gasteiger partial charge in [0.25, 0.3) is 0 Å². The fourth-order valence-electron chi connectivity index (χ4n) is 2.86. The Balaban J connectivity index is 1.75. The first-order valence-electron chi connectivity index (χ1n) is 8.77. The highest BCUT2D eigenvalue weighted by atomic mass is 35.5. The predicted molar refractivity (Wildman–Crippen MR) is 114 cm³/mol. The van der Waals surface area contributed by atoms with Crippen molar-refractivity contribution in [3.8, 4) is 22.8 Å². The van der Waals surface area contributed by atoms with Crippen LogP contribution in [0.3, 0.4) is 0 Å². The van der Waals surface area contributed by atoms with E-state index in [1.165, 1.54) is 5.56 Å². The minimum atomic E-state index is 0.693. The van der Waals surface area contributed by atoms with Crippen molar-refractivity contribution in [2.75, 3.05) is 7.11 Å². The van der Waals surface area contributed by atoms with Crippen molar-refractivity contribution in [1.29, 1.82) is 0 Å². The van der Waals surface area contributed by atoms with Gasteiger partial charge in [-0.15, -0.1) is 10.2 Å². The number of hydrogen-bond acceptors (Lipinski definition) is 4. The summed E-state index contributed by atoms with van der Waals surface area (Å²) in [5.41, 5.74) is 3.14. The highest BCUT2D eigenvalue weighted by molar-refractivity contribution is 7.98. The third kappa shape index (κ3) is 4.06. The third-order valence-corrected chi connectivity index (χ3v) is 5.51. The molecule has 0 fully saturated rings. The van der Waals surface area contributed by atoms with Crippen molar-refractivity contribution in [3.63, 3.8) is 0 Å². The Hall–Kier alpha value is -2.76. The molecule has 0 spiro atoms. The molecule has 0 aliphatic heterocycles. The summed E-state index contributed by atoms with van der Waals surface area (Å²) >= 11 is 7.74. The molecule has 0 bridgehead atoms. The van der Waals surface area contributed by atoms with Crippen molar-refractivity contribution in [3.05, 3.63) is 89.4 Å². The smallest absolute Gasteiger partial charge is 0.196 e. The molecule has 0 atom stereocenters. The molecule has 0 aliphatic carbocycles. The van der Waals surface area contributed by atoms with Crippen molar-refractivity contribution in [1.82, 2.24) is 14.8 Å². The lowest BCUT2D eigenvalue weighted by molar-refractivity contribution is 0.415. The first-order valence-corrected chi connectivity index (χ1v) is 10.1. The number of rotatable bonds is 6. The summed E-state index contributed by atoms with van der Waals surface area (Å²) in [6.45, 7) is 0. The average Bonchev–Trinajstić information content (AvgIpc) is 3.17. The van der Waals surface area contributed by atoms with Crippen LogP contribution in [0, 0.1) is 0 Å². The van der Waals surface area contributed by atoms with E-state index in [0.717, 1.165) is 33.7 Å². The van der Waals surface area contributed by atoms with Crippen LogP contribution in [0.25, 0.3) is 17.1 Å². The highest BCUT2D eigenvalue weighted by Crippen LogP contribution is 2.31. The van der Waals surface area contributed by atoms with Crippen molar-refractivity contribution in [2.45, 2.75) is 10.9 Å². The van der Waals surface area contributed by atoms with Crippen LogP contribution in [-0.2, 0) is 5.75 Å². The second-order valence-corrected chi connectivity index (χ2v) is 7.50. The van der Waals surface area contributed by atoms with Gasteiger partial charge in [-0.25, -0.2) is 0 Å². The molecule has 4 rings (SSSR count). The second-order valence-electron chi connectivity index (χ2n) is 6.12. The fourth-order valence-corrected chi connectivity index (χ4v) is 3.89. The zero-order valence-corrected chi connectivity index (χ0v) is 16.8. The molecule has 28 heavy (non-hydrogen) atoms. The number of hydrogen-bond donors (Lipinski definition) is 0. The van der Waals surface area contributed by atoms with E-state index < -0.39 is 0 Å². The van der Waals surface area contributed by atoms with Crippen molar-refractivity contribution in [2.24, 2.45) is 0 Å². The Morgan fingerprint density at radius 2 is 1.71 bits per heavy atom. The molecule has 0 radical (unpaired) electrons. The van der Waals surface area contributed by atoms with Gasteiger partial charge in [0, 0.05) is 22.0 Å². The van der Waals surface area contributed by atoms with E-state index >= 15 is 0 Å². The van der Waals surface area contributed by atoms with Crippen LogP contribution in [0.1, 0.15) is 5.56 Å². The van der Waals surface area contributed by atoms with Gasteiger partial charge in [-0.3, -0.25) is 4.57 Å². The van der Waals surface area contributed by atoms with E-state index in [4.69, 9.17) is 16.3 Å². The summed E-state index contributed by atoms with van der Waals surface area (Å²) in [5, 5.41) is 10.5. The van der Waals surface area contributed by atoms with E-state index in [0.29, 0.717) is 5.02 Å². The zero-order valence-electron chi connectivity index (χ0n) is 15.2. The van der Waals surface area contributed by atoms with Crippen LogP contribution in [0.5, 0.6) is 5.75 Å². The molecular formula is C22H18ClN3OS. The second kappa shape index (κ2) is 8.50. The molecule has 0 amide bonds. The molecule has 6 heteroatoms. The maximum atomic E-state index is 6.09. The molecule has 0 saturated heterocycles. The molecule has 0 N–H and O–H groups in total. The topological polar surface area (TPSA) is 39.9 Å². The molecule has 4 nitrogen and oxygen atoms in total. The van der Waals surface area contributed by atoms with Crippen LogP contribution < -0.4 is 4.74 Å². The van der Waals surface area contributed by atoms with Gasteiger partial charge in [0.2, 0.25) is 0 Å². The van der Waals surface area contributed by atoms with Crippen LogP contribution in [0.15, 0.2) is 84.0 Å². The maximum absolute atomic E-state index is 6.09. The molecule has 1 aromatic heterocycles. The number of ether oxygens (including phenoxy) is 1. The summed E-state index contributed by atoms with van der Waals surface area (Å²) in [5.74, 6) is 2.35. The predicted octanol–water partition coefficient (Wildman–Crippen LogP) is 5.89. The molecule has 1 heterocycles. The lowest BCUT2D eigenvalue weighted by Gasteiger charge is -2.11. The summed E-state index contributed by atoms with van der Waals surface area (Å²) in [6.07, 6.45) is 0. The largest absolute Gasteiger partial charge is 0.497 e. The Kier molecular flexibility index (Phi) is 5.65. The van der Waals surface area contributed by atoms with Crippen LogP contribution in [0.4, 0.5) is 0 Å². The lowest BCUT2D eigenvalue weighted by atomic mass is 10.2. The van der Waals surface area contributed by atoms with Gasteiger partial charge in [-0.2, -0.15) is 0 Å². The van der Waals surface area contributed by atoms with Crippen LogP contribution in [0.2, 0.25) is 5.02 Å². The molecule has 3 aromatic carbocycles. The number of halogens is 1. The minimum Gasteiger partial charge on any atom is -0.497 e. The van der Waals surface area contributed by atoms with Crippen LogP contribution >= 0.6 is 23.4 Å². The van der Waals surface area contributed by atoms with E-state index in [1.807, 2.05) is 66.7 Å². The first kappa shape index (κ1) is 18.6. The summed E-state index contributed by atoms with van der Waals surface area (Å²) in [4.78, 5) is 0. The first-order chi connectivity index (χ1) is 13.7. The normalized spacial score (nSPS) is 10.8. The number of methoxy groups -OCH3 is 1. The standard InChI is InChI=1S/C22H18ClN3OS/c1-27-20-9-5-8-17(14-20)21-24-25-22(28-15-16-6-3-2-4-7-16)26(21)19-12-10-18(23)11-13-19/h2-14H,15H2,1H3. The van der Waals surface area contributed by atoms with Gasteiger partial charge >= 0.3 is 0 Å². The van der Waals surface area contributed by atoms with Gasteiger partial charge in [0.05, 0.1) is 7.11 Å². The molecule has 4 aromatic rings. The monoisotopic (exact) mass is 407 g/mol.